The average Bonchev–Trinajstić information content (AvgIpc) is 2.43. The molecule has 0 atom stereocenters. The van der Waals surface area contributed by atoms with E-state index in [1.807, 2.05) is 43.3 Å². The van der Waals surface area contributed by atoms with E-state index in [0.29, 0.717) is 13.2 Å². The zero-order chi connectivity index (χ0) is 13.2. The maximum Gasteiger partial charge on any atom is 0.163 e. The third kappa shape index (κ3) is 2.42. The largest absolute Gasteiger partial charge is 0.486 e. The van der Waals surface area contributed by atoms with E-state index in [1.165, 1.54) is 0 Å². The van der Waals surface area contributed by atoms with Crippen molar-refractivity contribution in [2.24, 2.45) is 0 Å². The Morgan fingerprint density at radius 3 is 2.42 bits per heavy atom. The van der Waals surface area contributed by atoms with Crippen molar-refractivity contribution >= 4 is 17.1 Å². The van der Waals surface area contributed by atoms with Gasteiger partial charge in [0.2, 0.25) is 0 Å². The molecule has 1 heterocycles. The molecule has 0 bridgehead atoms. The molecular formula is C15H16N2O2. The second-order valence-corrected chi connectivity index (χ2v) is 4.55. The highest BCUT2D eigenvalue weighted by Gasteiger charge is 2.11. The fraction of sp³-hybridized carbons (Fsp3) is 0.200. The quantitative estimate of drug-likeness (QED) is 0.811. The van der Waals surface area contributed by atoms with Gasteiger partial charge in [-0.15, -0.1) is 0 Å². The minimum absolute atomic E-state index is 0.595. The molecule has 3 N–H and O–H groups in total. The molecule has 0 amide bonds. The Labute approximate surface area is 112 Å². The maximum absolute atomic E-state index is 5.81. The van der Waals surface area contributed by atoms with Crippen LogP contribution in [-0.2, 0) is 0 Å². The molecule has 2 aromatic rings. The second-order valence-electron chi connectivity index (χ2n) is 4.55. The predicted molar refractivity (Wildman–Crippen MR) is 76.3 cm³/mol. The van der Waals surface area contributed by atoms with E-state index in [4.69, 9.17) is 15.2 Å². The van der Waals surface area contributed by atoms with Gasteiger partial charge in [0.05, 0.1) is 0 Å². The number of aryl methyl sites for hydroxylation is 1. The van der Waals surface area contributed by atoms with E-state index in [9.17, 15) is 0 Å². The number of nitrogens with two attached hydrogens (primary N) is 1. The number of hydrogen-bond donors (Lipinski definition) is 2. The molecule has 3 rings (SSSR count). The highest BCUT2D eigenvalue weighted by Crippen LogP contribution is 2.33. The Hall–Kier alpha value is -2.36. The number of hydrogen-bond acceptors (Lipinski definition) is 4. The van der Waals surface area contributed by atoms with Crippen molar-refractivity contribution in [3.63, 3.8) is 0 Å². The van der Waals surface area contributed by atoms with Crippen molar-refractivity contribution in [1.82, 2.24) is 0 Å². The standard InChI is InChI=1S/C15H16N2O2/c1-10-8-11(2-4-13(10)16)17-12-3-5-14-15(9-12)19-7-6-18-14/h2-5,8-9,17H,6-7,16H2,1H3. The van der Waals surface area contributed by atoms with Gasteiger partial charge in [-0.1, -0.05) is 0 Å². The van der Waals surface area contributed by atoms with Crippen molar-refractivity contribution in [2.45, 2.75) is 6.92 Å². The highest BCUT2D eigenvalue weighted by atomic mass is 16.6. The van der Waals surface area contributed by atoms with Crippen LogP contribution in [0.3, 0.4) is 0 Å². The summed E-state index contributed by atoms with van der Waals surface area (Å²) >= 11 is 0. The molecule has 19 heavy (non-hydrogen) atoms. The fourth-order valence-electron chi connectivity index (χ4n) is 2.04. The van der Waals surface area contributed by atoms with Gasteiger partial charge in [0.15, 0.2) is 11.5 Å². The Kier molecular flexibility index (Phi) is 2.91. The van der Waals surface area contributed by atoms with Crippen molar-refractivity contribution in [3.05, 3.63) is 42.0 Å². The van der Waals surface area contributed by atoms with Crippen molar-refractivity contribution in [1.29, 1.82) is 0 Å². The van der Waals surface area contributed by atoms with Gasteiger partial charge >= 0.3 is 0 Å². The lowest BCUT2D eigenvalue weighted by molar-refractivity contribution is 0.171. The SMILES string of the molecule is Cc1cc(Nc2ccc3c(c2)OCCO3)ccc1N. The summed E-state index contributed by atoms with van der Waals surface area (Å²) in [5, 5.41) is 3.33. The van der Waals surface area contributed by atoms with Gasteiger partial charge in [-0.05, 0) is 42.8 Å². The van der Waals surface area contributed by atoms with Crippen molar-refractivity contribution in [2.75, 3.05) is 24.3 Å². The zero-order valence-electron chi connectivity index (χ0n) is 10.8. The van der Waals surface area contributed by atoms with Gasteiger partial charge in [-0.25, -0.2) is 0 Å². The molecule has 1 aliphatic rings. The van der Waals surface area contributed by atoms with Gasteiger partial charge in [-0.2, -0.15) is 0 Å². The smallest absolute Gasteiger partial charge is 0.163 e. The van der Waals surface area contributed by atoms with Crippen LogP contribution in [-0.4, -0.2) is 13.2 Å². The number of nitrogens with one attached hydrogen (secondary N) is 1. The molecule has 4 heteroatoms. The number of fused-ring (bicyclic) bond motifs is 1. The molecule has 0 spiro atoms. The van der Waals surface area contributed by atoms with E-state index in [2.05, 4.69) is 5.32 Å². The lowest BCUT2D eigenvalue weighted by Gasteiger charge is -2.19. The van der Waals surface area contributed by atoms with E-state index < -0.39 is 0 Å². The third-order valence-corrected chi connectivity index (χ3v) is 3.10. The van der Waals surface area contributed by atoms with E-state index in [0.717, 1.165) is 34.1 Å². The first-order chi connectivity index (χ1) is 9.22. The fourth-order valence-corrected chi connectivity index (χ4v) is 2.04. The lowest BCUT2D eigenvalue weighted by Crippen LogP contribution is -2.15. The van der Waals surface area contributed by atoms with E-state index in [-0.39, 0.29) is 0 Å². The third-order valence-electron chi connectivity index (χ3n) is 3.10. The van der Waals surface area contributed by atoms with Gasteiger partial charge in [0.1, 0.15) is 13.2 Å². The molecule has 0 saturated carbocycles. The number of rotatable bonds is 2. The predicted octanol–water partition coefficient (Wildman–Crippen LogP) is 3.09. The number of ether oxygens (including phenoxy) is 2. The number of anilines is 3. The van der Waals surface area contributed by atoms with Crippen molar-refractivity contribution in [3.8, 4) is 11.5 Å². The Morgan fingerprint density at radius 1 is 0.947 bits per heavy atom. The molecule has 2 aromatic carbocycles. The summed E-state index contributed by atoms with van der Waals surface area (Å²) in [5.74, 6) is 1.58. The molecular weight excluding hydrogens is 240 g/mol. The Morgan fingerprint density at radius 2 is 1.63 bits per heavy atom. The second kappa shape index (κ2) is 4.72. The molecule has 4 nitrogen and oxygen atoms in total. The van der Waals surface area contributed by atoms with Crippen LogP contribution < -0.4 is 20.5 Å². The average molecular weight is 256 g/mol. The van der Waals surface area contributed by atoms with Crippen LogP contribution in [0.25, 0.3) is 0 Å². The molecule has 0 fully saturated rings. The minimum atomic E-state index is 0.595. The summed E-state index contributed by atoms with van der Waals surface area (Å²) in [6.45, 7) is 3.19. The van der Waals surface area contributed by atoms with E-state index >= 15 is 0 Å². The molecule has 0 aromatic heterocycles. The van der Waals surface area contributed by atoms with Crippen LogP contribution in [0, 0.1) is 6.92 Å². The van der Waals surface area contributed by atoms with Gasteiger partial charge in [0.25, 0.3) is 0 Å². The normalized spacial score (nSPS) is 13.1. The first kappa shape index (κ1) is 11.7. The van der Waals surface area contributed by atoms with Crippen molar-refractivity contribution < 1.29 is 9.47 Å². The summed E-state index contributed by atoms with van der Waals surface area (Å²) in [6.07, 6.45) is 0. The molecule has 1 aliphatic heterocycles. The van der Waals surface area contributed by atoms with E-state index in [1.54, 1.807) is 0 Å². The lowest BCUT2D eigenvalue weighted by atomic mass is 10.1. The highest BCUT2D eigenvalue weighted by molar-refractivity contribution is 5.66. The Balaban J connectivity index is 1.84. The minimum Gasteiger partial charge on any atom is -0.486 e. The number of benzene rings is 2. The van der Waals surface area contributed by atoms with Crippen LogP contribution in [0.1, 0.15) is 5.56 Å². The topological polar surface area (TPSA) is 56.5 Å². The van der Waals surface area contributed by atoms with Crippen LogP contribution in [0.5, 0.6) is 11.5 Å². The summed E-state index contributed by atoms with van der Waals surface area (Å²) in [6, 6.07) is 11.7. The zero-order valence-corrected chi connectivity index (χ0v) is 10.8. The number of nitrogen functional groups attached to an aromatic ring is 1. The summed E-state index contributed by atoms with van der Waals surface area (Å²) in [5.41, 5.74) is 9.63. The van der Waals surface area contributed by atoms with Crippen LogP contribution in [0.2, 0.25) is 0 Å². The molecule has 98 valence electrons. The maximum atomic E-state index is 5.81. The summed E-state index contributed by atoms with van der Waals surface area (Å²) < 4.78 is 11.1. The Bertz CT molecular complexity index is 611. The van der Waals surface area contributed by atoms with Gasteiger partial charge < -0.3 is 20.5 Å². The van der Waals surface area contributed by atoms with Crippen LogP contribution in [0.4, 0.5) is 17.1 Å². The van der Waals surface area contributed by atoms with Gasteiger partial charge in [-0.3, -0.25) is 0 Å². The summed E-state index contributed by atoms with van der Waals surface area (Å²) in [4.78, 5) is 0. The first-order valence-electron chi connectivity index (χ1n) is 6.25. The molecule has 0 aliphatic carbocycles. The monoisotopic (exact) mass is 256 g/mol. The molecule has 0 unspecified atom stereocenters. The molecule has 0 saturated heterocycles. The van der Waals surface area contributed by atoms with Gasteiger partial charge in [0, 0.05) is 23.1 Å². The summed E-state index contributed by atoms with van der Waals surface area (Å²) in [7, 11) is 0. The molecule has 0 radical (unpaired) electrons. The van der Waals surface area contributed by atoms with Crippen LogP contribution in [0.15, 0.2) is 36.4 Å². The first-order valence-corrected chi connectivity index (χ1v) is 6.25. The van der Waals surface area contributed by atoms with Crippen LogP contribution >= 0.6 is 0 Å².